The number of ketones is 2. The maximum absolute atomic E-state index is 13.0. The number of Topliss-reactive ketones (excluding diaryl/α,β-unsaturated/α-hetero) is 1. The molecule has 0 aromatic carbocycles. The number of carbonyl (C=O) groups excluding carboxylic acids is 2. The monoisotopic (exact) mass is 384 g/mol. The highest BCUT2D eigenvalue weighted by Gasteiger charge is 2.74. The van der Waals surface area contributed by atoms with E-state index in [2.05, 4.69) is 26.0 Å². The summed E-state index contributed by atoms with van der Waals surface area (Å²) in [6, 6.07) is 0. The fraction of sp³-hybridized carbons (Fsp3) is 0.750. The van der Waals surface area contributed by atoms with E-state index in [1.165, 1.54) is 5.57 Å². The van der Waals surface area contributed by atoms with E-state index in [0.717, 1.165) is 25.7 Å². The lowest BCUT2D eigenvalue weighted by Crippen LogP contribution is -2.59. The Morgan fingerprint density at radius 3 is 2.61 bits per heavy atom. The smallest absolute Gasteiger partial charge is 0.164 e. The maximum atomic E-state index is 13.0. The van der Waals surface area contributed by atoms with E-state index in [9.17, 15) is 9.59 Å². The Balaban J connectivity index is 1.58. The minimum Gasteiger partial charge on any atom is -0.344 e. The summed E-state index contributed by atoms with van der Waals surface area (Å²) in [4.78, 5) is 25.0. The highest BCUT2D eigenvalue weighted by atomic mass is 16.8. The highest BCUT2D eigenvalue weighted by molar-refractivity contribution is 5.92. The summed E-state index contributed by atoms with van der Waals surface area (Å²) in [6.07, 6.45) is 10.7. The molecule has 0 unspecified atom stereocenters. The van der Waals surface area contributed by atoms with Gasteiger partial charge < -0.3 is 9.47 Å². The van der Waals surface area contributed by atoms with Crippen molar-refractivity contribution in [1.29, 1.82) is 0 Å². The predicted molar refractivity (Wildman–Crippen MR) is 105 cm³/mol. The Kier molecular flexibility index (Phi) is 3.65. The molecule has 1 heterocycles. The molecule has 3 fully saturated rings. The van der Waals surface area contributed by atoms with Crippen molar-refractivity contribution in [3.05, 3.63) is 23.8 Å². The van der Waals surface area contributed by atoms with Gasteiger partial charge in [0.15, 0.2) is 23.0 Å². The third-order valence-electron chi connectivity index (χ3n) is 9.03. The second-order valence-corrected chi connectivity index (χ2v) is 10.7. The summed E-state index contributed by atoms with van der Waals surface area (Å²) >= 11 is 0. The van der Waals surface area contributed by atoms with Gasteiger partial charge in [0.1, 0.15) is 0 Å². The van der Waals surface area contributed by atoms with Gasteiger partial charge in [0.25, 0.3) is 0 Å². The van der Waals surface area contributed by atoms with Crippen molar-refractivity contribution >= 4 is 11.6 Å². The summed E-state index contributed by atoms with van der Waals surface area (Å²) in [5.74, 6) is 0.947. The number of allylic oxidation sites excluding steroid dienone is 4. The summed E-state index contributed by atoms with van der Waals surface area (Å²) in [5, 5.41) is 0. The van der Waals surface area contributed by atoms with Crippen LogP contribution in [0.15, 0.2) is 23.8 Å². The Bertz CT molecular complexity index is 822. The number of hydrogen-bond donors (Lipinski definition) is 0. The van der Waals surface area contributed by atoms with E-state index in [-0.39, 0.29) is 28.5 Å². The second kappa shape index (κ2) is 5.46. The lowest BCUT2D eigenvalue weighted by Gasteiger charge is -2.57. The zero-order chi connectivity index (χ0) is 20.1. The van der Waals surface area contributed by atoms with E-state index in [1.807, 2.05) is 19.9 Å². The first-order valence-electron chi connectivity index (χ1n) is 10.9. The minimum absolute atomic E-state index is 0.0662. The number of rotatable bonds is 1. The van der Waals surface area contributed by atoms with Crippen LogP contribution in [0.2, 0.25) is 0 Å². The number of carbonyl (C=O) groups is 2. The van der Waals surface area contributed by atoms with Crippen LogP contribution >= 0.6 is 0 Å². The summed E-state index contributed by atoms with van der Waals surface area (Å²) in [6.45, 7) is 10.2. The van der Waals surface area contributed by atoms with Gasteiger partial charge >= 0.3 is 0 Å². The van der Waals surface area contributed by atoms with Crippen LogP contribution in [-0.2, 0) is 19.1 Å². The van der Waals surface area contributed by atoms with Gasteiger partial charge in [-0.1, -0.05) is 26.0 Å². The lowest BCUT2D eigenvalue weighted by molar-refractivity contribution is -0.210. The maximum Gasteiger partial charge on any atom is 0.164 e. The normalized spacial score (nSPS) is 51.0. The van der Waals surface area contributed by atoms with Crippen LogP contribution in [0.3, 0.4) is 0 Å². The van der Waals surface area contributed by atoms with Crippen molar-refractivity contribution < 1.29 is 19.1 Å². The first-order chi connectivity index (χ1) is 13.0. The van der Waals surface area contributed by atoms with Crippen LogP contribution in [0, 0.1) is 28.6 Å². The molecule has 5 aliphatic rings. The van der Waals surface area contributed by atoms with E-state index in [4.69, 9.17) is 9.47 Å². The predicted octanol–water partition coefficient (Wildman–Crippen LogP) is 4.38. The average Bonchev–Trinajstić information content (AvgIpc) is 3.02. The fourth-order valence-corrected chi connectivity index (χ4v) is 7.75. The quantitative estimate of drug-likeness (QED) is 0.673. The van der Waals surface area contributed by atoms with Gasteiger partial charge in [0.2, 0.25) is 0 Å². The van der Waals surface area contributed by atoms with Crippen LogP contribution in [0.25, 0.3) is 0 Å². The molecule has 152 valence electrons. The van der Waals surface area contributed by atoms with Crippen molar-refractivity contribution in [2.45, 2.75) is 84.2 Å². The number of fused-ring (bicyclic) bond motifs is 7. The Morgan fingerprint density at radius 1 is 1.14 bits per heavy atom. The van der Waals surface area contributed by atoms with Gasteiger partial charge in [-0.15, -0.1) is 0 Å². The molecule has 4 nitrogen and oxygen atoms in total. The highest BCUT2D eigenvalue weighted by Crippen LogP contribution is 2.69. The second-order valence-electron chi connectivity index (χ2n) is 10.7. The molecule has 2 saturated carbocycles. The molecule has 5 rings (SSSR count). The molecule has 28 heavy (non-hydrogen) atoms. The third-order valence-corrected chi connectivity index (χ3v) is 9.03. The molecule has 0 spiro atoms. The van der Waals surface area contributed by atoms with Gasteiger partial charge in [-0.2, -0.15) is 0 Å². The van der Waals surface area contributed by atoms with Crippen molar-refractivity contribution in [3.8, 4) is 0 Å². The van der Waals surface area contributed by atoms with Crippen molar-refractivity contribution in [3.63, 3.8) is 0 Å². The zero-order valence-corrected chi connectivity index (χ0v) is 17.7. The molecular weight excluding hydrogens is 352 g/mol. The van der Waals surface area contributed by atoms with Crippen LogP contribution in [0.5, 0.6) is 0 Å². The van der Waals surface area contributed by atoms with E-state index in [1.54, 1.807) is 6.92 Å². The first-order valence-corrected chi connectivity index (χ1v) is 10.9. The van der Waals surface area contributed by atoms with Crippen molar-refractivity contribution in [2.75, 3.05) is 0 Å². The molecule has 1 aliphatic heterocycles. The molecule has 0 aromatic rings. The van der Waals surface area contributed by atoms with Gasteiger partial charge in [-0.25, -0.2) is 0 Å². The largest absolute Gasteiger partial charge is 0.344 e. The van der Waals surface area contributed by atoms with Gasteiger partial charge in [-0.05, 0) is 81.3 Å². The molecule has 7 atom stereocenters. The molecule has 4 heteroatoms. The zero-order valence-electron chi connectivity index (χ0n) is 17.7. The molecular formula is C24H32O4. The SMILES string of the molecule is CC(=O)[C@@]12OC(C)(C)O[C@H]1C[C@H]1[C@@H]3C=CC4=CC(=O)CC[C@]4(C)[C@H]3CC[C@@]12C. The molecule has 0 bridgehead atoms. The van der Waals surface area contributed by atoms with E-state index in [0.29, 0.717) is 24.2 Å². The third kappa shape index (κ3) is 2.09. The van der Waals surface area contributed by atoms with Crippen molar-refractivity contribution in [1.82, 2.24) is 0 Å². The summed E-state index contributed by atoms with van der Waals surface area (Å²) in [7, 11) is 0. The van der Waals surface area contributed by atoms with Crippen LogP contribution in [0.4, 0.5) is 0 Å². The minimum atomic E-state index is -0.834. The topological polar surface area (TPSA) is 52.6 Å². The Morgan fingerprint density at radius 2 is 1.89 bits per heavy atom. The van der Waals surface area contributed by atoms with E-state index < -0.39 is 11.4 Å². The summed E-state index contributed by atoms with van der Waals surface area (Å²) < 4.78 is 12.8. The van der Waals surface area contributed by atoms with Crippen LogP contribution in [0.1, 0.15) is 66.7 Å². The van der Waals surface area contributed by atoms with E-state index >= 15 is 0 Å². The fourth-order valence-electron chi connectivity index (χ4n) is 7.75. The Hall–Kier alpha value is -1.26. The lowest BCUT2D eigenvalue weighted by atomic mass is 9.48. The number of hydrogen-bond acceptors (Lipinski definition) is 4. The molecule has 1 saturated heterocycles. The molecule has 0 N–H and O–H groups in total. The molecule has 4 aliphatic carbocycles. The summed E-state index contributed by atoms with van der Waals surface area (Å²) in [5.41, 5.74) is 0.225. The molecule has 0 amide bonds. The first kappa shape index (κ1) is 18.7. The standard InChI is InChI=1S/C24H32O4/c1-14(25)24-20(27-21(2,3)28-24)13-19-17-7-6-15-12-16(26)8-10-22(15,4)18(17)9-11-23(19,24)5/h6-7,12,17-20H,8-11,13H2,1-5H3/t17-,18+,19+,20+,22+,23+,24-/m1/s1. The van der Waals surface area contributed by atoms with Gasteiger partial charge in [-0.3, -0.25) is 9.59 Å². The average molecular weight is 385 g/mol. The molecule has 0 radical (unpaired) electrons. The van der Waals surface area contributed by atoms with Crippen molar-refractivity contribution in [2.24, 2.45) is 28.6 Å². The van der Waals surface area contributed by atoms with Crippen LogP contribution in [-0.4, -0.2) is 29.1 Å². The van der Waals surface area contributed by atoms with Gasteiger partial charge in [0, 0.05) is 11.8 Å². The Labute approximate surface area is 167 Å². The molecule has 0 aromatic heterocycles. The van der Waals surface area contributed by atoms with Crippen LogP contribution < -0.4 is 0 Å². The number of ether oxygens (including phenoxy) is 2. The van der Waals surface area contributed by atoms with Gasteiger partial charge in [0.05, 0.1) is 6.10 Å².